The third kappa shape index (κ3) is 14.7. The first-order valence-electron chi connectivity index (χ1n) is 16.5. The van der Waals surface area contributed by atoms with Gasteiger partial charge in [-0.05, 0) is 73.6 Å². The van der Waals surface area contributed by atoms with E-state index >= 15 is 0 Å². The lowest BCUT2D eigenvalue weighted by Gasteiger charge is -2.28. The van der Waals surface area contributed by atoms with Crippen molar-refractivity contribution in [3.05, 3.63) is 154 Å². The van der Waals surface area contributed by atoms with E-state index in [1.54, 1.807) is 0 Å². The molecule has 4 heteroatoms. The number of carbonyl (C=O) groups is 1. The number of nitriles is 1. The molecule has 0 unspecified atom stereocenters. The van der Waals surface area contributed by atoms with Gasteiger partial charge in [-0.25, -0.2) is 0 Å². The summed E-state index contributed by atoms with van der Waals surface area (Å²) in [6.45, 7) is 14.1. The summed E-state index contributed by atoms with van der Waals surface area (Å²) in [5.74, 6) is 1.09. The van der Waals surface area contributed by atoms with E-state index in [2.05, 4.69) is 129 Å². The molecule has 1 aliphatic carbocycles. The number of nitrogens with zero attached hydrogens (tertiary/aromatic N) is 2. The molecule has 1 N–H and O–H groups in total. The SMILES string of the molecule is C#C.C=C(NC1=CC=C(C#N)CC=C1)N(Cc1ccc(C)cc1)Cc1ccc(CCC(=O)CC)cc1.CCCCc1ccc(C)cc1. The van der Waals surface area contributed by atoms with E-state index in [0.717, 1.165) is 30.1 Å². The van der Waals surface area contributed by atoms with E-state index in [1.807, 2.05) is 31.2 Å². The molecule has 3 aromatic carbocycles. The van der Waals surface area contributed by atoms with E-state index in [-0.39, 0.29) is 0 Å². The van der Waals surface area contributed by atoms with Crippen molar-refractivity contribution in [3.63, 3.8) is 0 Å². The average Bonchev–Trinajstić information content (AvgIpc) is 3.34. The summed E-state index contributed by atoms with van der Waals surface area (Å²) >= 11 is 0. The van der Waals surface area contributed by atoms with Gasteiger partial charge in [-0.2, -0.15) is 5.26 Å². The van der Waals surface area contributed by atoms with E-state index in [0.29, 0.717) is 31.6 Å². The quantitative estimate of drug-likeness (QED) is 0.181. The number of allylic oxidation sites excluding steroid dienone is 5. The summed E-state index contributed by atoms with van der Waals surface area (Å²) in [6, 6.07) is 28.1. The summed E-state index contributed by atoms with van der Waals surface area (Å²) in [6.07, 6.45) is 22.2. The zero-order valence-electron chi connectivity index (χ0n) is 28.8. The molecule has 0 saturated carbocycles. The molecule has 244 valence electrons. The van der Waals surface area contributed by atoms with Crippen molar-refractivity contribution >= 4 is 5.78 Å². The van der Waals surface area contributed by atoms with Gasteiger partial charge in [0.15, 0.2) is 0 Å². The summed E-state index contributed by atoms with van der Waals surface area (Å²) in [5.41, 5.74) is 9.26. The molecule has 0 spiro atoms. The fraction of sp³-hybridized carbons (Fsp3) is 0.302. The van der Waals surface area contributed by atoms with Crippen LogP contribution >= 0.6 is 0 Å². The number of benzene rings is 3. The van der Waals surface area contributed by atoms with Gasteiger partial charge in [0.2, 0.25) is 0 Å². The normalized spacial score (nSPS) is 11.6. The van der Waals surface area contributed by atoms with E-state index in [9.17, 15) is 4.79 Å². The van der Waals surface area contributed by atoms with Crippen LogP contribution in [0.2, 0.25) is 0 Å². The van der Waals surface area contributed by atoms with Crippen molar-refractivity contribution in [1.29, 1.82) is 5.26 Å². The Kier molecular flexibility index (Phi) is 17.6. The number of aryl methyl sites for hydroxylation is 4. The molecule has 1 aliphatic rings. The van der Waals surface area contributed by atoms with Crippen LogP contribution in [0, 0.1) is 38.0 Å². The van der Waals surface area contributed by atoms with E-state index < -0.39 is 0 Å². The van der Waals surface area contributed by atoms with Gasteiger partial charge < -0.3 is 10.2 Å². The average molecular weight is 626 g/mol. The molecular weight excluding hydrogens is 574 g/mol. The van der Waals surface area contributed by atoms with Gasteiger partial charge in [0.1, 0.15) is 5.78 Å². The first-order chi connectivity index (χ1) is 22.8. The summed E-state index contributed by atoms with van der Waals surface area (Å²) < 4.78 is 0. The van der Waals surface area contributed by atoms with Gasteiger partial charge in [-0.1, -0.05) is 117 Å². The highest BCUT2D eigenvalue weighted by atomic mass is 16.1. The molecule has 0 heterocycles. The number of hydrogen-bond donors (Lipinski definition) is 1. The smallest absolute Gasteiger partial charge is 0.132 e. The molecule has 47 heavy (non-hydrogen) atoms. The number of hydrogen-bond acceptors (Lipinski definition) is 4. The molecule has 4 rings (SSSR count). The minimum Gasteiger partial charge on any atom is -0.350 e. The monoisotopic (exact) mass is 625 g/mol. The number of Topliss-reactive ketones (excluding diaryl/α,β-unsaturated/α-hetero) is 1. The van der Waals surface area contributed by atoms with E-state index in [1.165, 1.54) is 52.6 Å². The Morgan fingerprint density at radius 3 is 1.87 bits per heavy atom. The van der Waals surface area contributed by atoms with Crippen LogP contribution in [0.4, 0.5) is 0 Å². The third-order valence-electron chi connectivity index (χ3n) is 7.83. The van der Waals surface area contributed by atoms with Crippen molar-refractivity contribution in [2.24, 2.45) is 0 Å². The molecule has 3 aromatic rings. The molecule has 0 bridgehead atoms. The molecule has 0 atom stereocenters. The van der Waals surface area contributed by atoms with Crippen LogP contribution in [-0.2, 0) is 30.7 Å². The van der Waals surface area contributed by atoms with Crippen LogP contribution in [0.1, 0.15) is 79.3 Å². The highest BCUT2D eigenvalue weighted by molar-refractivity contribution is 5.78. The zero-order chi connectivity index (χ0) is 34.4. The Morgan fingerprint density at radius 1 is 0.830 bits per heavy atom. The first-order valence-corrected chi connectivity index (χ1v) is 16.5. The lowest BCUT2D eigenvalue weighted by Crippen LogP contribution is -2.30. The van der Waals surface area contributed by atoms with Crippen molar-refractivity contribution < 1.29 is 4.79 Å². The topological polar surface area (TPSA) is 56.1 Å². The lowest BCUT2D eigenvalue weighted by molar-refractivity contribution is -0.118. The molecule has 4 nitrogen and oxygen atoms in total. The van der Waals surface area contributed by atoms with Crippen LogP contribution in [0.15, 0.2) is 121 Å². The Morgan fingerprint density at radius 2 is 1.34 bits per heavy atom. The maximum absolute atomic E-state index is 11.6. The minimum atomic E-state index is 0.300. The zero-order valence-corrected chi connectivity index (χ0v) is 28.8. The Hall–Kier alpha value is -5.06. The second-order valence-electron chi connectivity index (χ2n) is 11.7. The van der Waals surface area contributed by atoms with Crippen LogP contribution in [0.5, 0.6) is 0 Å². The highest BCUT2D eigenvalue weighted by Gasteiger charge is 2.12. The Balaban J connectivity index is 0.000000496. The number of nitrogens with one attached hydrogen (secondary N) is 1. The predicted molar refractivity (Wildman–Crippen MR) is 198 cm³/mol. The first kappa shape index (κ1) is 38.1. The van der Waals surface area contributed by atoms with Gasteiger partial charge >= 0.3 is 0 Å². The fourth-order valence-corrected chi connectivity index (χ4v) is 4.83. The standard InChI is InChI=1S/C30H33N3O.C11H16.C2H2/c1-4-30(34)19-17-25-12-14-28(15-13-25)22-33(21-27-10-8-23(2)9-11-27)24(3)32-29-7-5-6-26(20-31)16-18-29;1-3-4-5-11-8-6-10(2)7-9-11;1-2/h5,7-16,18,32H,3-4,6,17,19,21-22H2,1-2H3;6-9H,3-5H2,1-2H3;1-2H. The van der Waals surface area contributed by atoms with Crippen molar-refractivity contribution in [1.82, 2.24) is 10.2 Å². The summed E-state index contributed by atoms with van der Waals surface area (Å²) in [7, 11) is 0. The summed E-state index contributed by atoms with van der Waals surface area (Å²) in [5, 5.41) is 12.6. The minimum absolute atomic E-state index is 0.300. The molecule has 0 radical (unpaired) electrons. The van der Waals surface area contributed by atoms with Crippen molar-refractivity contribution in [2.45, 2.75) is 85.7 Å². The largest absolute Gasteiger partial charge is 0.350 e. The number of rotatable bonds is 14. The van der Waals surface area contributed by atoms with Gasteiger partial charge in [-0.3, -0.25) is 4.79 Å². The molecule has 0 aliphatic heterocycles. The van der Waals surface area contributed by atoms with Crippen LogP contribution in [0.25, 0.3) is 0 Å². The maximum Gasteiger partial charge on any atom is 0.132 e. The lowest BCUT2D eigenvalue weighted by atomic mass is 10.0. The van der Waals surface area contributed by atoms with Crippen LogP contribution in [0.3, 0.4) is 0 Å². The fourth-order valence-electron chi connectivity index (χ4n) is 4.83. The van der Waals surface area contributed by atoms with E-state index in [4.69, 9.17) is 5.26 Å². The third-order valence-corrected chi connectivity index (χ3v) is 7.83. The van der Waals surface area contributed by atoms with Crippen molar-refractivity contribution in [2.75, 3.05) is 0 Å². The highest BCUT2D eigenvalue weighted by Crippen LogP contribution is 2.18. The number of ketones is 1. The van der Waals surface area contributed by atoms with Gasteiger partial charge in [0.05, 0.1) is 11.9 Å². The Bertz CT molecular complexity index is 1550. The van der Waals surface area contributed by atoms with Crippen molar-refractivity contribution in [3.8, 4) is 18.9 Å². The van der Waals surface area contributed by atoms with Crippen LogP contribution < -0.4 is 5.32 Å². The second kappa shape index (κ2) is 21.6. The van der Waals surface area contributed by atoms with Gasteiger partial charge in [0.25, 0.3) is 0 Å². The molecule has 0 saturated heterocycles. The van der Waals surface area contributed by atoms with Gasteiger partial charge in [0, 0.05) is 43.6 Å². The predicted octanol–water partition coefficient (Wildman–Crippen LogP) is 9.85. The second-order valence-corrected chi connectivity index (χ2v) is 11.7. The Labute approximate surface area is 284 Å². The molecular formula is C43H51N3O. The number of unbranched alkanes of at least 4 members (excludes halogenated alkanes) is 1. The summed E-state index contributed by atoms with van der Waals surface area (Å²) in [4.78, 5) is 13.9. The molecule has 0 aromatic heterocycles. The maximum atomic E-state index is 11.6. The van der Waals surface area contributed by atoms with Gasteiger partial charge in [-0.15, -0.1) is 12.8 Å². The molecule has 0 amide bonds. The van der Waals surface area contributed by atoms with Crippen LogP contribution in [-0.4, -0.2) is 10.7 Å². The molecule has 0 fully saturated rings. The number of terminal acetylenes is 1. The number of carbonyl (C=O) groups excluding carboxylic acids is 1.